The molecular weight excluding hydrogens is 389 g/mol. The molecule has 0 N–H and O–H groups in total. The summed E-state index contributed by atoms with van der Waals surface area (Å²) in [6.07, 6.45) is 4.38. The number of benzene rings is 2. The Morgan fingerprint density at radius 1 is 1.04 bits per heavy atom. The molecule has 0 spiro atoms. The molecule has 0 aliphatic carbocycles. The SMILES string of the molecule is CCCCc1ccc(Cl)c2nc3n(c12)CCCN3c1ccc(Cl)cc1Cl. The van der Waals surface area contributed by atoms with Crippen LogP contribution < -0.4 is 4.90 Å². The number of anilines is 2. The zero-order valence-electron chi connectivity index (χ0n) is 14.6. The fraction of sp³-hybridized carbons (Fsp3) is 0.350. The third-order valence-electron chi connectivity index (χ3n) is 4.91. The van der Waals surface area contributed by atoms with Gasteiger partial charge in [0.2, 0.25) is 5.95 Å². The predicted molar refractivity (Wildman–Crippen MR) is 111 cm³/mol. The average Bonchev–Trinajstić information content (AvgIpc) is 3.02. The first-order valence-corrected chi connectivity index (χ1v) is 10.1. The molecule has 0 amide bonds. The lowest BCUT2D eigenvalue weighted by molar-refractivity contribution is 0.602. The zero-order valence-corrected chi connectivity index (χ0v) is 16.9. The van der Waals surface area contributed by atoms with Crippen LogP contribution in [0.3, 0.4) is 0 Å². The summed E-state index contributed by atoms with van der Waals surface area (Å²) in [6.45, 7) is 4.02. The molecule has 2 heterocycles. The van der Waals surface area contributed by atoms with Gasteiger partial charge in [-0.1, -0.05) is 54.2 Å². The highest BCUT2D eigenvalue weighted by Gasteiger charge is 2.26. The number of nitrogens with zero attached hydrogens (tertiary/aromatic N) is 3. The maximum atomic E-state index is 6.49. The highest BCUT2D eigenvalue weighted by Crippen LogP contribution is 2.39. The quantitative estimate of drug-likeness (QED) is 0.469. The molecule has 4 rings (SSSR count). The molecule has 1 aliphatic heterocycles. The summed E-state index contributed by atoms with van der Waals surface area (Å²) >= 11 is 19.0. The van der Waals surface area contributed by atoms with Crippen LogP contribution in [-0.2, 0) is 13.0 Å². The summed E-state index contributed by atoms with van der Waals surface area (Å²) in [7, 11) is 0. The maximum Gasteiger partial charge on any atom is 0.211 e. The minimum atomic E-state index is 0.633. The number of aryl methyl sites for hydroxylation is 2. The second kappa shape index (κ2) is 7.30. The van der Waals surface area contributed by atoms with E-state index in [4.69, 9.17) is 39.8 Å². The largest absolute Gasteiger partial charge is 0.310 e. The number of fused-ring (bicyclic) bond motifs is 3. The number of halogens is 3. The molecule has 3 nitrogen and oxygen atoms in total. The van der Waals surface area contributed by atoms with Crippen molar-refractivity contribution in [3.63, 3.8) is 0 Å². The van der Waals surface area contributed by atoms with E-state index in [2.05, 4.69) is 22.5 Å². The van der Waals surface area contributed by atoms with Crippen LogP contribution in [0.2, 0.25) is 15.1 Å². The highest BCUT2D eigenvalue weighted by atomic mass is 35.5. The van der Waals surface area contributed by atoms with Gasteiger partial charge in [-0.3, -0.25) is 0 Å². The van der Waals surface area contributed by atoms with E-state index in [0.29, 0.717) is 15.1 Å². The smallest absolute Gasteiger partial charge is 0.211 e. The lowest BCUT2D eigenvalue weighted by Gasteiger charge is -2.30. The van der Waals surface area contributed by atoms with Gasteiger partial charge in [-0.15, -0.1) is 0 Å². The number of imidazole rings is 1. The van der Waals surface area contributed by atoms with E-state index in [1.165, 1.54) is 5.56 Å². The predicted octanol–water partition coefficient (Wildman–Crippen LogP) is 6.88. The normalized spacial score (nSPS) is 14.1. The first kappa shape index (κ1) is 18.0. The van der Waals surface area contributed by atoms with Crippen molar-refractivity contribution in [1.82, 2.24) is 9.55 Å². The van der Waals surface area contributed by atoms with Crippen LogP contribution in [0.4, 0.5) is 11.6 Å². The van der Waals surface area contributed by atoms with E-state index in [1.54, 1.807) is 6.07 Å². The van der Waals surface area contributed by atoms with Crippen LogP contribution in [0.1, 0.15) is 31.7 Å². The molecule has 2 aromatic carbocycles. The molecule has 1 aliphatic rings. The minimum absolute atomic E-state index is 0.633. The fourth-order valence-corrected chi connectivity index (χ4v) is 4.37. The van der Waals surface area contributed by atoms with Gasteiger partial charge >= 0.3 is 0 Å². The summed E-state index contributed by atoms with van der Waals surface area (Å²) in [5, 5.41) is 1.97. The number of aromatic nitrogens is 2. The molecule has 0 saturated heterocycles. The molecule has 3 aromatic rings. The van der Waals surface area contributed by atoms with Crippen molar-refractivity contribution in [2.75, 3.05) is 11.4 Å². The van der Waals surface area contributed by atoms with E-state index in [1.807, 2.05) is 18.2 Å². The molecular formula is C20H20Cl3N3. The standard InChI is InChI=1S/C20H20Cl3N3/c1-2-3-5-13-6-8-15(22)18-19(13)26-11-4-10-25(20(26)24-18)17-9-7-14(21)12-16(17)23/h6-9,12H,2-5,10-11H2,1H3. The highest BCUT2D eigenvalue weighted by molar-refractivity contribution is 6.36. The first-order chi connectivity index (χ1) is 12.6. The Labute approximate surface area is 168 Å². The van der Waals surface area contributed by atoms with Crippen LogP contribution in [0, 0.1) is 0 Å². The van der Waals surface area contributed by atoms with Crippen molar-refractivity contribution in [3.8, 4) is 0 Å². The monoisotopic (exact) mass is 407 g/mol. The third kappa shape index (κ3) is 3.06. The Hall–Kier alpha value is -1.42. The molecule has 0 radical (unpaired) electrons. The fourth-order valence-electron chi connectivity index (χ4n) is 3.67. The molecule has 1 aromatic heterocycles. The zero-order chi connectivity index (χ0) is 18.3. The second-order valence-corrected chi connectivity index (χ2v) is 7.92. The van der Waals surface area contributed by atoms with E-state index < -0.39 is 0 Å². The lowest BCUT2D eigenvalue weighted by Crippen LogP contribution is -2.28. The number of unbranched alkanes of at least 4 members (excludes halogenated alkanes) is 1. The summed E-state index contributed by atoms with van der Waals surface area (Å²) < 4.78 is 2.29. The van der Waals surface area contributed by atoms with Gasteiger partial charge < -0.3 is 9.47 Å². The van der Waals surface area contributed by atoms with Gasteiger partial charge in [0.05, 0.1) is 21.2 Å². The van der Waals surface area contributed by atoms with Crippen LogP contribution in [-0.4, -0.2) is 16.1 Å². The van der Waals surface area contributed by atoms with Gasteiger partial charge in [-0.05, 0) is 49.1 Å². The van der Waals surface area contributed by atoms with Crippen molar-refractivity contribution < 1.29 is 0 Å². The molecule has 0 unspecified atom stereocenters. The second-order valence-electron chi connectivity index (χ2n) is 6.67. The molecule has 0 fully saturated rings. The molecule has 26 heavy (non-hydrogen) atoms. The maximum absolute atomic E-state index is 6.49. The summed E-state index contributed by atoms with van der Waals surface area (Å²) in [5.41, 5.74) is 4.29. The third-order valence-corrected chi connectivity index (χ3v) is 5.76. The number of rotatable bonds is 4. The number of hydrogen-bond acceptors (Lipinski definition) is 2. The Balaban J connectivity index is 1.89. The van der Waals surface area contributed by atoms with Crippen molar-refractivity contribution in [2.24, 2.45) is 0 Å². The lowest BCUT2D eigenvalue weighted by atomic mass is 10.1. The van der Waals surface area contributed by atoms with Crippen LogP contribution >= 0.6 is 34.8 Å². The first-order valence-electron chi connectivity index (χ1n) is 9.00. The minimum Gasteiger partial charge on any atom is -0.310 e. The van der Waals surface area contributed by atoms with E-state index in [9.17, 15) is 0 Å². The number of hydrogen-bond donors (Lipinski definition) is 0. The van der Waals surface area contributed by atoms with E-state index >= 15 is 0 Å². The van der Waals surface area contributed by atoms with E-state index in [0.717, 1.165) is 61.4 Å². The van der Waals surface area contributed by atoms with Crippen molar-refractivity contribution in [3.05, 3.63) is 51.0 Å². The van der Waals surface area contributed by atoms with E-state index in [-0.39, 0.29) is 0 Å². The van der Waals surface area contributed by atoms with Gasteiger partial charge in [-0.2, -0.15) is 0 Å². The average molecular weight is 409 g/mol. The summed E-state index contributed by atoms with van der Waals surface area (Å²) in [6, 6.07) is 9.71. The molecule has 6 heteroatoms. The van der Waals surface area contributed by atoms with Gasteiger partial charge in [0.15, 0.2) is 0 Å². The van der Waals surface area contributed by atoms with Crippen LogP contribution in [0.25, 0.3) is 11.0 Å². The van der Waals surface area contributed by atoms with Gasteiger partial charge in [-0.25, -0.2) is 4.98 Å². The topological polar surface area (TPSA) is 21.1 Å². The van der Waals surface area contributed by atoms with Gasteiger partial charge in [0, 0.05) is 18.1 Å². The molecule has 0 bridgehead atoms. The van der Waals surface area contributed by atoms with Crippen molar-refractivity contribution >= 4 is 57.5 Å². The Morgan fingerprint density at radius 2 is 1.88 bits per heavy atom. The molecule has 0 saturated carbocycles. The molecule has 0 atom stereocenters. The summed E-state index contributed by atoms with van der Waals surface area (Å²) in [4.78, 5) is 7.08. The molecule has 136 valence electrons. The van der Waals surface area contributed by atoms with Crippen LogP contribution in [0.5, 0.6) is 0 Å². The van der Waals surface area contributed by atoms with Crippen LogP contribution in [0.15, 0.2) is 30.3 Å². The van der Waals surface area contributed by atoms with Crippen molar-refractivity contribution in [1.29, 1.82) is 0 Å². The van der Waals surface area contributed by atoms with Crippen molar-refractivity contribution in [2.45, 2.75) is 39.2 Å². The van der Waals surface area contributed by atoms with Gasteiger partial charge in [0.25, 0.3) is 0 Å². The Bertz CT molecular complexity index is 965. The Morgan fingerprint density at radius 3 is 2.65 bits per heavy atom. The van der Waals surface area contributed by atoms with Gasteiger partial charge in [0.1, 0.15) is 5.52 Å². The summed E-state index contributed by atoms with van der Waals surface area (Å²) in [5.74, 6) is 0.904. The Kier molecular flexibility index (Phi) is 5.05.